The number of nitrogens with one attached hydrogen (secondary N) is 1. The first-order valence-electron chi connectivity index (χ1n) is 11.8. The van der Waals surface area contributed by atoms with Gasteiger partial charge in [-0.15, -0.1) is 0 Å². The molecule has 0 fully saturated rings. The molecule has 1 N–H and O–H groups in total. The number of anilines is 1. The maximum Gasteiger partial charge on any atom is 0.261 e. The van der Waals surface area contributed by atoms with E-state index in [2.05, 4.69) is 24.8 Å². The van der Waals surface area contributed by atoms with E-state index in [9.17, 15) is 8.42 Å². The molecule has 0 atom stereocenters. The van der Waals surface area contributed by atoms with Crippen LogP contribution in [0.15, 0.2) is 109 Å². The van der Waals surface area contributed by atoms with Crippen molar-refractivity contribution in [1.29, 1.82) is 0 Å². The first-order chi connectivity index (χ1) is 18.9. The number of aromatic nitrogens is 6. The molecule has 11 heteroatoms. The van der Waals surface area contributed by atoms with Crippen LogP contribution in [-0.4, -0.2) is 38.1 Å². The Morgan fingerprint density at radius 3 is 2.44 bits per heavy atom. The molecule has 6 aromatic rings. The van der Waals surface area contributed by atoms with Crippen molar-refractivity contribution in [2.24, 2.45) is 7.05 Å². The van der Waals surface area contributed by atoms with Crippen molar-refractivity contribution in [2.45, 2.75) is 4.90 Å². The van der Waals surface area contributed by atoms with Gasteiger partial charge in [0.2, 0.25) is 0 Å². The summed E-state index contributed by atoms with van der Waals surface area (Å²) in [7, 11) is -2.01. The molecule has 0 saturated heterocycles. The Morgan fingerprint density at radius 1 is 0.795 bits per heavy atom. The van der Waals surface area contributed by atoms with Crippen LogP contribution in [0.5, 0.6) is 11.5 Å². The van der Waals surface area contributed by atoms with Crippen LogP contribution in [0.2, 0.25) is 0 Å². The zero-order valence-corrected chi connectivity index (χ0v) is 21.4. The lowest BCUT2D eigenvalue weighted by atomic mass is 10.1. The Kier molecular flexibility index (Phi) is 6.17. The van der Waals surface area contributed by atoms with Crippen LogP contribution >= 0.6 is 0 Å². The number of rotatable bonds is 7. The molecule has 0 spiro atoms. The molecule has 4 aromatic heterocycles. The van der Waals surface area contributed by atoms with Crippen LogP contribution in [0, 0.1) is 0 Å². The molecule has 192 valence electrons. The van der Waals surface area contributed by atoms with Crippen molar-refractivity contribution in [2.75, 3.05) is 4.72 Å². The zero-order valence-electron chi connectivity index (χ0n) is 20.6. The van der Waals surface area contributed by atoms with Gasteiger partial charge in [-0.1, -0.05) is 6.07 Å². The molecular formula is C28H21N7O3S. The number of fused-ring (bicyclic) bond motifs is 1. The lowest BCUT2D eigenvalue weighted by molar-refractivity contribution is 0.480. The molecule has 0 unspecified atom stereocenters. The lowest BCUT2D eigenvalue weighted by Gasteiger charge is -2.11. The van der Waals surface area contributed by atoms with Gasteiger partial charge in [0.05, 0.1) is 52.1 Å². The van der Waals surface area contributed by atoms with E-state index in [1.807, 2.05) is 31.4 Å². The molecule has 0 saturated carbocycles. The monoisotopic (exact) mass is 535 g/mol. The maximum absolute atomic E-state index is 13.1. The molecule has 0 radical (unpaired) electrons. The van der Waals surface area contributed by atoms with Crippen LogP contribution < -0.4 is 9.46 Å². The first kappa shape index (κ1) is 24.2. The molecule has 10 nitrogen and oxygen atoms in total. The number of hydrogen-bond donors (Lipinski definition) is 1. The molecule has 2 aromatic carbocycles. The second kappa shape index (κ2) is 9.95. The number of sulfonamides is 1. The number of aryl methyl sites for hydroxylation is 1. The third-order valence-electron chi connectivity index (χ3n) is 5.87. The summed E-state index contributed by atoms with van der Waals surface area (Å²) in [6.07, 6.45) is 11.7. The van der Waals surface area contributed by atoms with Crippen molar-refractivity contribution >= 4 is 26.7 Å². The van der Waals surface area contributed by atoms with E-state index in [0.29, 0.717) is 28.4 Å². The standard InChI is InChI=1S/C28H21N7O3S/c1-35-18-21(14-32-35)28-17-31-26-9-4-19(12-27(26)33-28)20-11-22(15-30-13-20)34-39(36,37)25-7-5-23(6-8-25)38-24-3-2-10-29-16-24/h2-18,34H,1H3. The number of benzene rings is 2. The molecule has 0 aliphatic carbocycles. The minimum Gasteiger partial charge on any atom is -0.456 e. The average molecular weight is 536 g/mol. The zero-order chi connectivity index (χ0) is 26.8. The van der Waals surface area contributed by atoms with Gasteiger partial charge in [0, 0.05) is 36.8 Å². The highest BCUT2D eigenvalue weighted by atomic mass is 32.2. The normalized spacial score (nSPS) is 11.4. The van der Waals surface area contributed by atoms with Crippen molar-refractivity contribution < 1.29 is 13.2 Å². The second-order valence-electron chi connectivity index (χ2n) is 8.69. The smallest absolute Gasteiger partial charge is 0.261 e. The average Bonchev–Trinajstić information content (AvgIpc) is 3.39. The van der Waals surface area contributed by atoms with Crippen LogP contribution in [-0.2, 0) is 17.1 Å². The minimum atomic E-state index is -3.86. The van der Waals surface area contributed by atoms with Gasteiger partial charge >= 0.3 is 0 Å². The van der Waals surface area contributed by atoms with Gasteiger partial charge in [0.15, 0.2) is 0 Å². The number of hydrogen-bond acceptors (Lipinski definition) is 8. The predicted molar refractivity (Wildman–Crippen MR) is 147 cm³/mol. The Hall–Kier alpha value is -5.16. The SMILES string of the molecule is Cn1cc(-c2cnc3ccc(-c4cncc(NS(=O)(=O)c5ccc(Oc6cccnc6)cc5)c4)cc3n2)cn1. The second-order valence-corrected chi connectivity index (χ2v) is 10.4. The van der Waals surface area contributed by atoms with Gasteiger partial charge in [-0.2, -0.15) is 5.10 Å². The Bertz CT molecular complexity index is 1890. The van der Waals surface area contributed by atoms with Gasteiger partial charge in [-0.05, 0) is 60.2 Å². The van der Waals surface area contributed by atoms with E-state index >= 15 is 0 Å². The van der Waals surface area contributed by atoms with Gasteiger partial charge in [-0.25, -0.2) is 13.4 Å². The van der Waals surface area contributed by atoms with Crippen molar-refractivity contribution in [3.05, 3.63) is 104 Å². The third kappa shape index (κ3) is 5.29. The van der Waals surface area contributed by atoms with Crippen LogP contribution in [0.4, 0.5) is 5.69 Å². The fraction of sp³-hybridized carbons (Fsp3) is 0.0357. The minimum absolute atomic E-state index is 0.0929. The van der Waals surface area contributed by atoms with Crippen molar-refractivity contribution in [3.8, 4) is 33.9 Å². The summed E-state index contributed by atoms with van der Waals surface area (Å²) in [5, 5.41) is 4.20. The third-order valence-corrected chi connectivity index (χ3v) is 7.27. The van der Waals surface area contributed by atoms with Gasteiger partial charge in [0.1, 0.15) is 11.5 Å². The number of ether oxygens (including phenoxy) is 1. The topological polar surface area (TPSA) is 125 Å². The number of pyridine rings is 2. The molecule has 0 bridgehead atoms. The summed E-state index contributed by atoms with van der Waals surface area (Å²) >= 11 is 0. The lowest BCUT2D eigenvalue weighted by Crippen LogP contribution is -2.13. The van der Waals surface area contributed by atoms with E-state index in [1.54, 1.807) is 66.0 Å². The summed E-state index contributed by atoms with van der Waals surface area (Å²) in [6, 6.07) is 17.1. The molecular weight excluding hydrogens is 514 g/mol. The quantitative estimate of drug-likeness (QED) is 0.300. The Labute approximate surface area is 224 Å². The van der Waals surface area contributed by atoms with Crippen LogP contribution in [0.1, 0.15) is 0 Å². The molecule has 0 amide bonds. The summed E-state index contributed by atoms with van der Waals surface area (Å²) in [4.78, 5) is 17.6. The van der Waals surface area contributed by atoms with Gasteiger partial charge in [-0.3, -0.25) is 24.4 Å². The first-order valence-corrected chi connectivity index (χ1v) is 13.3. The highest BCUT2D eigenvalue weighted by Crippen LogP contribution is 2.28. The van der Waals surface area contributed by atoms with E-state index in [-0.39, 0.29) is 4.90 Å². The largest absolute Gasteiger partial charge is 0.456 e. The van der Waals surface area contributed by atoms with Crippen molar-refractivity contribution in [3.63, 3.8) is 0 Å². The summed E-state index contributed by atoms with van der Waals surface area (Å²) in [6.45, 7) is 0. The van der Waals surface area contributed by atoms with E-state index in [1.165, 1.54) is 18.3 Å². The Balaban J connectivity index is 1.23. The van der Waals surface area contributed by atoms with Gasteiger partial charge < -0.3 is 4.74 Å². The summed E-state index contributed by atoms with van der Waals surface area (Å²) in [5.41, 5.74) is 4.91. The van der Waals surface area contributed by atoms with E-state index in [0.717, 1.165) is 22.2 Å². The van der Waals surface area contributed by atoms with E-state index < -0.39 is 10.0 Å². The Morgan fingerprint density at radius 2 is 1.67 bits per heavy atom. The summed E-state index contributed by atoms with van der Waals surface area (Å²) in [5.74, 6) is 1.05. The molecule has 0 aliphatic heterocycles. The fourth-order valence-electron chi connectivity index (χ4n) is 3.98. The van der Waals surface area contributed by atoms with Crippen LogP contribution in [0.25, 0.3) is 33.4 Å². The predicted octanol–water partition coefficient (Wildman–Crippen LogP) is 5.08. The van der Waals surface area contributed by atoms with Gasteiger partial charge in [0.25, 0.3) is 10.0 Å². The van der Waals surface area contributed by atoms with Crippen LogP contribution in [0.3, 0.4) is 0 Å². The maximum atomic E-state index is 13.1. The molecule has 39 heavy (non-hydrogen) atoms. The van der Waals surface area contributed by atoms with Crippen molar-refractivity contribution in [1.82, 2.24) is 29.7 Å². The molecule has 6 rings (SSSR count). The highest BCUT2D eigenvalue weighted by Gasteiger charge is 2.15. The highest BCUT2D eigenvalue weighted by molar-refractivity contribution is 7.92. The molecule has 4 heterocycles. The van der Waals surface area contributed by atoms with E-state index in [4.69, 9.17) is 9.72 Å². The molecule has 0 aliphatic rings. The fourth-order valence-corrected chi connectivity index (χ4v) is 5.02. The summed E-state index contributed by atoms with van der Waals surface area (Å²) < 4.78 is 36.1. The number of nitrogens with zero attached hydrogens (tertiary/aromatic N) is 6.